The van der Waals surface area contributed by atoms with E-state index in [4.69, 9.17) is 5.26 Å². The largest absolute Gasteiger partial charge is 0.316 e. The summed E-state index contributed by atoms with van der Waals surface area (Å²) in [5.74, 6) is 0.763. The number of anilines is 2. The van der Waals surface area contributed by atoms with Crippen LogP contribution in [0.3, 0.4) is 0 Å². The molecule has 2 heterocycles. The highest BCUT2D eigenvalue weighted by Gasteiger charge is 2.05. The third kappa shape index (κ3) is 2.66. The van der Waals surface area contributed by atoms with Gasteiger partial charge < -0.3 is 5.32 Å². The van der Waals surface area contributed by atoms with Crippen LogP contribution in [0.1, 0.15) is 5.56 Å². The van der Waals surface area contributed by atoms with E-state index in [1.165, 1.54) is 11.3 Å². The second-order valence-electron chi connectivity index (χ2n) is 4.07. The Hall–Kier alpha value is -2.71. The predicted octanol–water partition coefficient (Wildman–Crippen LogP) is 3.82. The molecule has 3 aromatic rings. The second-order valence-corrected chi connectivity index (χ2v) is 4.93. The molecule has 0 fully saturated rings. The molecule has 0 aliphatic carbocycles. The van der Waals surface area contributed by atoms with Gasteiger partial charge in [0.05, 0.1) is 17.3 Å². The Morgan fingerprint density at radius 1 is 1.15 bits per heavy atom. The molecular weight excluding hydrogens is 268 g/mol. The van der Waals surface area contributed by atoms with Crippen LogP contribution in [-0.4, -0.2) is 9.97 Å². The van der Waals surface area contributed by atoms with Gasteiger partial charge in [0.1, 0.15) is 5.82 Å². The Bertz CT molecular complexity index is 759. The van der Waals surface area contributed by atoms with Crippen molar-refractivity contribution in [2.24, 2.45) is 0 Å². The summed E-state index contributed by atoms with van der Waals surface area (Å²) in [7, 11) is 0. The number of nitrogens with zero attached hydrogens (tertiary/aromatic N) is 3. The van der Waals surface area contributed by atoms with Gasteiger partial charge >= 0.3 is 0 Å². The first-order valence-corrected chi connectivity index (χ1v) is 6.87. The number of nitrogens with one attached hydrogen (secondary N) is 1. The summed E-state index contributed by atoms with van der Waals surface area (Å²) in [6.45, 7) is 0. The molecule has 2 aromatic heterocycles. The van der Waals surface area contributed by atoms with Gasteiger partial charge in [0, 0.05) is 17.1 Å². The van der Waals surface area contributed by atoms with Gasteiger partial charge in [-0.2, -0.15) is 5.26 Å². The highest BCUT2D eigenvalue weighted by atomic mass is 32.1. The Balaban J connectivity index is 1.85. The molecule has 1 aromatic carbocycles. The zero-order valence-electron chi connectivity index (χ0n) is 10.4. The van der Waals surface area contributed by atoms with Crippen LogP contribution in [0.5, 0.6) is 0 Å². The third-order valence-corrected chi connectivity index (χ3v) is 3.45. The van der Waals surface area contributed by atoms with Crippen LogP contribution >= 0.6 is 11.3 Å². The van der Waals surface area contributed by atoms with Crippen molar-refractivity contribution in [1.82, 2.24) is 9.97 Å². The molecule has 0 amide bonds. The monoisotopic (exact) mass is 278 g/mol. The maximum atomic E-state index is 8.92. The number of rotatable bonds is 3. The van der Waals surface area contributed by atoms with E-state index in [0.29, 0.717) is 5.56 Å². The number of aromatic nitrogens is 2. The van der Waals surface area contributed by atoms with E-state index in [9.17, 15) is 0 Å². The van der Waals surface area contributed by atoms with Crippen LogP contribution in [0.15, 0.2) is 54.0 Å². The second kappa shape index (κ2) is 5.51. The third-order valence-electron chi connectivity index (χ3n) is 2.69. The van der Waals surface area contributed by atoms with Crippen molar-refractivity contribution in [3.8, 4) is 17.3 Å². The first kappa shape index (κ1) is 12.3. The van der Waals surface area contributed by atoms with Crippen molar-refractivity contribution in [3.05, 3.63) is 59.6 Å². The van der Waals surface area contributed by atoms with E-state index < -0.39 is 0 Å². The minimum absolute atomic E-state index is 0.634. The van der Waals surface area contributed by atoms with E-state index in [1.807, 2.05) is 41.8 Å². The summed E-state index contributed by atoms with van der Waals surface area (Å²) in [4.78, 5) is 8.71. The van der Waals surface area contributed by atoms with Gasteiger partial charge in [0.25, 0.3) is 0 Å². The molecule has 5 heteroatoms. The summed E-state index contributed by atoms with van der Waals surface area (Å²) in [5, 5.41) is 14.8. The number of pyridine rings is 1. The topological polar surface area (TPSA) is 61.6 Å². The molecule has 0 saturated heterocycles. The molecule has 1 N–H and O–H groups in total. The Morgan fingerprint density at radius 2 is 2.10 bits per heavy atom. The molecule has 96 valence electrons. The molecule has 0 spiro atoms. The SMILES string of the molecule is N#Cc1cccc(-c2csc(Nc3ccccn3)n2)c1. The summed E-state index contributed by atoms with van der Waals surface area (Å²) < 4.78 is 0. The van der Waals surface area contributed by atoms with Gasteiger partial charge in [-0.15, -0.1) is 11.3 Å². The minimum atomic E-state index is 0.634. The van der Waals surface area contributed by atoms with Crippen LogP contribution in [0.25, 0.3) is 11.3 Å². The normalized spacial score (nSPS) is 9.95. The lowest BCUT2D eigenvalue weighted by Crippen LogP contribution is -1.91. The quantitative estimate of drug-likeness (QED) is 0.791. The summed E-state index contributed by atoms with van der Waals surface area (Å²) in [6, 6.07) is 15.2. The number of hydrogen-bond donors (Lipinski definition) is 1. The number of benzene rings is 1. The maximum absolute atomic E-state index is 8.92. The molecule has 4 nitrogen and oxygen atoms in total. The molecule has 0 radical (unpaired) electrons. The first-order chi connectivity index (χ1) is 9.85. The Kier molecular flexibility index (Phi) is 3.40. The summed E-state index contributed by atoms with van der Waals surface area (Å²) >= 11 is 1.51. The lowest BCUT2D eigenvalue weighted by molar-refractivity contribution is 1.29. The number of nitriles is 1. The van der Waals surface area contributed by atoms with Gasteiger partial charge in [-0.05, 0) is 24.3 Å². The van der Waals surface area contributed by atoms with Crippen LogP contribution in [0.4, 0.5) is 10.9 Å². The lowest BCUT2D eigenvalue weighted by atomic mass is 10.1. The summed E-state index contributed by atoms with van der Waals surface area (Å²) in [6.07, 6.45) is 1.73. The van der Waals surface area contributed by atoms with Crippen molar-refractivity contribution >= 4 is 22.3 Å². The minimum Gasteiger partial charge on any atom is -0.316 e. The first-order valence-electron chi connectivity index (χ1n) is 5.99. The fourth-order valence-corrected chi connectivity index (χ4v) is 2.48. The predicted molar refractivity (Wildman–Crippen MR) is 79.8 cm³/mol. The van der Waals surface area contributed by atoms with Crippen LogP contribution in [-0.2, 0) is 0 Å². The van der Waals surface area contributed by atoms with Crippen molar-refractivity contribution in [1.29, 1.82) is 5.26 Å². The van der Waals surface area contributed by atoms with E-state index >= 15 is 0 Å². The molecule has 0 atom stereocenters. The molecule has 0 bridgehead atoms. The van der Waals surface area contributed by atoms with Crippen LogP contribution in [0, 0.1) is 11.3 Å². The molecule has 20 heavy (non-hydrogen) atoms. The van der Waals surface area contributed by atoms with Crippen molar-refractivity contribution < 1.29 is 0 Å². The molecule has 0 aliphatic rings. The van der Waals surface area contributed by atoms with Gasteiger partial charge in [-0.1, -0.05) is 18.2 Å². The molecule has 0 saturated carbocycles. The fourth-order valence-electron chi connectivity index (χ4n) is 1.76. The Morgan fingerprint density at radius 3 is 2.90 bits per heavy atom. The number of hydrogen-bond acceptors (Lipinski definition) is 5. The van der Waals surface area contributed by atoms with E-state index in [2.05, 4.69) is 21.4 Å². The molecular formula is C15H10N4S. The zero-order valence-corrected chi connectivity index (χ0v) is 11.3. The van der Waals surface area contributed by atoms with Crippen molar-refractivity contribution in [3.63, 3.8) is 0 Å². The van der Waals surface area contributed by atoms with Gasteiger partial charge in [-0.25, -0.2) is 9.97 Å². The average Bonchev–Trinajstić information content (AvgIpc) is 2.97. The van der Waals surface area contributed by atoms with Gasteiger partial charge in [0.2, 0.25) is 0 Å². The number of thiazole rings is 1. The van der Waals surface area contributed by atoms with E-state index in [-0.39, 0.29) is 0 Å². The lowest BCUT2D eigenvalue weighted by Gasteiger charge is -2.00. The Labute approximate surface area is 120 Å². The molecule has 3 rings (SSSR count). The van der Waals surface area contributed by atoms with Crippen molar-refractivity contribution in [2.45, 2.75) is 0 Å². The highest BCUT2D eigenvalue weighted by Crippen LogP contribution is 2.26. The maximum Gasteiger partial charge on any atom is 0.188 e. The average molecular weight is 278 g/mol. The van der Waals surface area contributed by atoms with Crippen molar-refractivity contribution in [2.75, 3.05) is 5.32 Å². The van der Waals surface area contributed by atoms with Crippen LogP contribution in [0.2, 0.25) is 0 Å². The summed E-state index contributed by atoms with van der Waals surface area (Å²) in [5.41, 5.74) is 2.43. The highest BCUT2D eigenvalue weighted by molar-refractivity contribution is 7.14. The standard InChI is InChI=1S/C15H10N4S/c16-9-11-4-3-5-12(8-11)13-10-20-15(18-13)19-14-6-1-2-7-17-14/h1-8,10H,(H,17,18,19). The smallest absolute Gasteiger partial charge is 0.188 e. The zero-order chi connectivity index (χ0) is 13.8. The molecule has 0 aliphatic heterocycles. The van der Waals surface area contributed by atoms with Gasteiger partial charge in [-0.3, -0.25) is 0 Å². The van der Waals surface area contributed by atoms with E-state index in [1.54, 1.807) is 12.3 Å². The fraction of sp³-hybridized carbons (Fsp3) is 0. The van der Waals surface area contributed by atoms with Crippen LogP contribution < -0.4 is 5.32 Å². The van der Waals surface area contributed by atoms with E-state index in [0.717, 1.165) is 22.2 Å². The molecule has 0 unspecified atom stereocenters. The van der Waals surface area contributed by atoms with Gasteiger partial charge in [0.15, 0.2) is 5.13 Å².